The summed E-state index contributed by atoms with van der Waals surface area (Å²) in [5.74, 6) is 2.83. The minimum absolute atomic E-state index is 0.0446. The zero-order valence-electron chi connectivity index (χ0n) is 8.53. The van der Waals surface area contributed by atoms with Crippen LogP contribution in [-0.4, -0.2) is 17.9 Å². The Bertz CT molecular complexity index is 280. The third-order valence-electron chi connectivity index (χ3n) is 5.33. The van der Waals surface area contributed by atoms with Crippen LogP contribution in [0.2, 0.25) is 0 Å². The molecular weight excluding hydrogens is 178 g/mol. The van der Waals surface area contributed by atoms with Crippen molar-refractivity contribution in [1.29, 1.82) is 0 Å². The molecule has 6 rings (SSSR count). The molecule has 6 aliphatic carbocycles. The normalized spacial score (nSPS) is 62.4. The Hall–Kier alpha value is -0.120. The lowest BCUT2D eigenvalue weighted by atomic mass is 9.27. The monoisotopic (exact) mass is 194 g/mol. The van der Waals surface area contributed by atoms with E-state index < -0.39 is 0 Å². The zero-order chi connectivity index (χ0) is 9.55. The lowest BCUT2D eigenvalue weighted by Crippen LogP contribution is -2.75. The van der Waals surface area contributed by atoms with Crippen molar-refractivity contribution in [2.24, 2.45) is 23.2 Å². The van der Waals surface area contributed by atoms with Crippen LogP contribution in [0.15, 0.2) is 0 Å². The van der Waals surface area contributed by atoms with Gasteiger partial charge in [-0.3, -0.25) is 5.23 Å². The molecule has 0 N–H and O–H groups in total. The minimum Gasteiger partial charge on any atom is -0.762 e. The molecule has 0 aromatic heterocycles. The van der Waals surface area contributed by atoms with Crippen LogP contribution in [0.3, 0.4) is 0 Å². The molecule has 3 nitrogen and oxygen atoms in total. The van der Waals surface area contributed by atoms with Gasteiger partial charge in [0.05, 0.1) is 5.60 Å². The summed E-state index contributed by atoms with van der Waals surface area (Å²) in [6.07, 6.45) is 6.35. The molecule has 6 fully saturated rings. The Labute approximate surface area is 83.9 Å². The molecule has 0 heterocycles. The van der Waals surface area contributed by atoms with Crippen molar-refractivity contribution in [2.75, 3.05) is 7.05 Å². The van der Waals surface area contributed by atoms with Crippen molar-refractivity contribution >= 4 is 0 Å². The average molecular weight is 194 g/mol. The highest BCUT2D eigenvalue weighted by atomic mass is 16.9. The highest BCUT2D eigenvalue weighted by Gasteiger charge is 2.75. The van der Waals surface area contributed by atoms with E-state index in [9.17, 15) is 5.21 Å². The fraction of sp³-hybridized carbons (Fsp3) is 1.00. The van der Waals surface area contributed by atoms with Gasteiger partial charge >= 0.3 is 0 Å². The number of hydroxylamine groups is 2. The van der Waals surface area contributed by atoms with Gasteiger partial charge in [0.2, 0.25) is 0 Å². The maximum Gasteiger partial charge on any atom is 0.0898 e. The first kappa shape index (κ1) is 8.08. The fourth-order valence-corrected chi connectivity index (χ4v) is 5.58. The number of nitrogens with zero attached hydrogens (tertiary/aromatic N) is 1. The van der Waals surface area contributed by atoms with Crippen molar-refractivity contribution in [3.63, 3.8) is 0 Å². The van der Waals surface area contributed by atoms with Crippen LogP contribution in [0.25, 0.3) is 0 Å². The zero-order valence-corrected chi connectivity index (χ0v) is 8.53. The molecule has 6 aliphatic rings. The van der Waals surface area contributed by atoms with Crippen LogP contribution >= 0.6 is 0 Å². The highest BCUT2D eigenvalue weighted by molar-refractivity contribution is 5.25. The van der Waals surface area contributed by atoms with Gasteiger partial charge in [-0.2, -0.15) is 0 Å². The molecule has 3 heteroatoms. The van der Waals surface area contributed by atoms with Gasteiger partial charge in [0.15, 0.2) is 0 Å². The van der Waals surface area contributed by atoms with Crippen molar-refractivity contribution < 1.29 is 4.84 Å². The maximum absolute atomic E-state index is 11.0. The van der Waals surface area contributed by atoms with E-state index in [0.29, 0.717) is 10.6 Å². The Morgan fingerprint density at radius 3 is 2.36 bits per heavy atom. The second kappa shape index (κ2) is 2.04. The first-order valence-corrected chi connectivity index (χ1v) is 5.73. The van der Waals surface area contributed by atoms with Crippen molar-refractivity contribution in [2.45, 2.75) is 37.7 Å². The Balaban J connectivity index is 1.65. The lowest BCUT2D eigenvalue weighted by molar-refractivity contribution is -0.371. The van der Waals surface area contributed by atoms with Gasteiger partial charge in [0.25, 0.3) is 0 Å². The average Bonchev–Trinajstić information content (AvgIpc) is 1.97. The molecule has 78 valence electrons. The van der Waals surface area contributed by atoms with Crippen LogP contribution in [0.4, 0.5) is 0 Å². The molecule has 2 atom stereocenters. The molecular formula is C11H16NO2-. The third kappa shape index (κ3) is 0.698. The Morgan fingerprint density at radius 1 is 1.21 bits per heavy atom. The minimum atomic E-state index is -0.0446. The Kier molecular flexibility index (Phi) is 1.18. The van der Waals surface area contributed by atoms with Gasteiger partial charge in [0, 0.05) is 0 Å². The van der Waals surface area contributed by atoms with Crippen molar-refractivity contribution in [3.05, 3.63) is 5.21 Å². The van der Waals surface area contributed by atoms with Gasteiger partial charge in [-0.25, -0.2) is 0 Å². The molecule has 6 saturated carbocycles. The largest absolute Gasteiger partial charge is 0.762 e. The molecule has 0 aromatic rings. The van der Waals surface area contributed by atoms with Gasteiger partial charge in [-0.1, -0.05) is 0 Å². The topological polar surface area (TPSA) is 35.5 Å². The van der Waals surface area contributed by atoms with E-state index in [0.717, 1.165) is 30.6 Å². The highest BCUT2D eigenvalue weighted by Crippen LogP contribution is 2.81. The summed E-state index contributed by atoms with van der Waals surface area (Å²) in [6.45, 7) is 0. The summed E-state index contributed by atoms with van der Waals surface area (Å²) in [5.41, 5.74) is 0.596. The number of hydrogen-bond acceptors (Lipinski definition) is 3. The van der Waals surface area contributed by atoms with E-state index in [-0.39, 0.29) is 5.60 Å². The van der Waals surface area contributed by atoms with Gasteiger partial charge in [-0.05, 0) is 62.3 Å². The summed E-state index contributed by atoms with van der Waals surface area (Å²) in [4.78, 5) is 5.54. The van der Waals surface area contributed by atoms with Crippen LogP contribution in [0.5, 0.6) is 0 Å². The van der Waals surface area contributed by atoms with Crippen LogP contribution < -0.4 is 0 Å². The van der Waals surface area contributed by atoms with E-state index in [1.54, 1.807) is 0 Å². The summed E-state index contributed by atoms with van der Waals surface area (Å²) >= 11 is 0. The van der Waals surface area contributed by atoms with Crippen LogP contribution in [0.1, 0.15) is 32.1 Å². The van der Waals surface area contributed by atoms with E-state index in [1.165, 1.54) is 26.3 Å². The van der Waals surface area contributed by atoms with Crippen LogP contribution in [-0.2, 0) is 4.84 Å². The number of hydrogen-bond donors (Lipinski definition) is 0. The molecule has 0 aromatic carbocycles. The first-order chi connectivity index (χ1) is 6.63. The Morgan fingerprint density at radius 2 is 1.86 bits per heavy atom. The van der Waals surface area contributed by atoms with Crippen molar-refractivity contribution in [3.8, 4) is 0 Å². The quantitative estimate of drug-likeness (QED) is 0.630. The predicted molar refractivity (Wildman–Crippen MR) is 50.9 cm³/mol. The molecule has 0 amide bonds. The van der Waals surface area contributed by atoms with E-state index >= 15 is 0 Å². The van der Waals surface area contributed by atoms with Gasteiger partial charge in [-0.15, -0.1) is 0 Å². The van der Waals surface area contributed by atoms with Gasteiger partial charge in [0.1, 0.15) is 0 Å². The summed E-state index contributed by atoms with van der Waals surface area (Å²) < 4.78 is 0. The molecule has 0 radical (unpaired) electrons. The van der Waals surface area contributed by atoms with Gasteiger partial charge < -0.3 is 10.0 Å². The van der Waals surface area contributed by atoms with E-state index in [1.807, 2.05) is 0 Å². The molecule has 14 heavy (non-hydrogen) atoms. The summed E-state index contributed by atoms with van der Waals surface area (Å²) in [5, 5.41) is 11.7. The van der Waals surface area contributed by atoms with E-state index in [4.69, 9.17) is 4.84 Å². The van der Waals surface area contributed by atoms with E-state index in [2.05, 4.69) is 0 Å². The molecule has 5 bridgehead atoms. The molecule has 0 aliphatic heterocycles. The SMILES string of the molecule is CN([O-])OC12CC3CC4(CC(C1)C34)C2. The smallest absolute Gasteiger partial charge is 0.0898 e. The maximum atomic E-state index is 11.0. The molecule has 2 unspecified atom stereocenters. The van der Waals surface area contributed by atoms with Crippen molar-refractivity contribution in [1.82, 2.24) is 5.23 Å². The predicted octanol–water partition coefficient (Wildman–Crippen LogP) is 1.93. The standard InChI is InChI=1S/C11H16NO2/c1-12(13)14-11-4-7-2-10(6-11)3-8(5-11)9(7)10/h7-9H,2-6H2,1H3/q-1. The first-order valence-electron chi connectivity index (χ1n) is 5.73. The molecule has 0 saturated heterocycles. The summed E-state index contributed by atoms with van der Waals surface area (Å²) in [6, 6.07) is 0. The summed E-state index contributed by atoms with van der Waals surface area (Å²) in [7, 11) is 1.48. The number of rotatable bonds is 2. The third-order valence-corrected chi connectivity index (χ3v) is 5.33. The second-order valence-corrected chi connectivity index (χ2v) is 6.12. The molecule has 1 spiro atoms. The lowest BCUT2D eigenvalue weighted by Gasteiger charge is -2.79. The second-order valence-electron chi connectivity index (χ2n) is 6.12. The van der Waals surface area contributed by atoms with Crippen LogP contribution in [0, 0.1) is 28.4 Å². The fourth-order valence-electron chi connectivity index (χ4n) is 5.58.